The molecule has 0 spiro atoms. The van der Waals surface area contributed by atoms with Gasteiger partial charge >= 0.3 is 6.09 Å². The molecule has 1 aliphatic heterocycles. The number of likely N-dealkylation sites (tertiary alicyclic amines) is 1. The van der Waals surface area contributed by atoms with Crippen molar-refractivity contribution >= 4 is 23.8 Å². The predicted molar refractivity (Wildman–Crippen MR) is 88.3 cm³/mol. The second-order valence-electron chi connectivity index (χ2n) is 6.52. The van der Waals surface area contributed by atoms with Crippen LogP contribution in [0, 0.1) is 0 Å². The van der Waals surface area contributed by atoms with E-state index in [1.54, 1.807) is 17.3 Å². The van der Waals surface area contributed by atoms with Crippen molar-refractivity contribution in [2.75, 3.05) is 18.8 Å². The maximum Gasteiger partial charge on any atom is 0.410 e. The summed E-state index contributed by atoms with van der Waals surface area (Å²) >= 11 is 1.35. The number of rotatable bonds is 4. The summed E-state index contributed by atoms with van der Waals surface area (Å²) in [6.07, 6.45) is 4.79. The number of H-pyrrole nitrogens is 1. The number of hydrogen-bond acceptors (Lipinski definition) is 5. The van der Waals surface area contributed by atoms with Gasteiger partial charge in [0.15, 0.2) is 5.16 Å². The average molecular weight is 340 g/mol. The van der Waals surface area contributed by atoms with Gasteiger partial charge in [0.25, 0.3) is 0 Å². The molecule has 1 atom stereocenters. The van der Waals surface area contributed by atoms with Gasteiger partial charge in [0.05, 0.1) is 5.75 Å². The molecule has 2 heterocycles. The molecule has 1 saturated heterocycles. The van der Waals surface area contributed by atoms with Crippen molar-refractivity contribution in [2.24, 2.45) is 0 Å². The fourth-order valence-electron chi connectivity index (χ4n) is 2.32. The molecule has 1 aliphatic rings. The first-order chi connectivity index (χ1) is 10.8. The molecule has 0 aliphatic carbocycles. The smallest absolute Gasteiger partial charge is 0.410 e. The Hall–Kier alpha value is -1.70. The summed E-state index contributed by atoms with van der Waals surface area (Å²) < 4.78 is 5.38. The van der Waals surface area contributed by atoms with Crippen LogP contribution in [0.1, 0.15) is 33.6 Å². The van der Waals surface area contributed by atoms with Crippen molar-refractivity contribution in [2.45, 2.75) is 50.4 Å². The summed E-state index contributed by atoms with van der Waals surface area (Å²) in [5.41, 5.74) is -0.507. The van der Waals surface area contributed by atoms with Crippen LogP contribution in [-0.4, -0.2) is 57.4 Å². The second-order valence-corrected chi connectivity index (χ2v) is 7.48. The van der Waals surface area contributed by atoms with E-state index >= 15 is 0 Å². The number of aromatic nitrogens is 2. The quantitative estimate of drug-likeness (QED) is 0.819. The molecule has 1 aromatic rings. The molecule has 7 nitrogen and oxygen atoms in total. The minimum absolute atomic E-state index is 0.0269. The van der Waals surface area contributed by atoms with Gasteiger partial charge in [-0.2, -0.15) is 0 Å². The van der Waals surface area contributed by atoms with E-state index < -0.39 is 5.60 Å². The lowest BCUT2D eigenvalue weighted by molar-refractivity contribution is -0.119. The van der Waals surface area contributed by atoms with Crippen LogP contribution in [0.3, 0.4) is 0 Å². The molecule has 1 aromatic heterocycles. The number of carbonyl (C=O) groups excluding carboxylic acids is 2. The predicted octanol–water partition coefficient (Wildman–Crippen LogP) is 2.02. The third-order valence-electron chi connectivity index (χ3n) is 3.25. The van der Waals surface area contributed by atoms with E-state index in [0.717, 1.165) is 18.0 Å². The van der Waals surface area contributed by atoms with Crippen LogP contribution in [0.5, 0.6) is 0 Å². The van der Waals surface area contributed by atoms with Crippen LogP contribution >= 0.6 is 11.8 Å². The number of nitrogens with one attached hydrogen (secondary N) is 2. The summed E-state index contributed by atoms with van der Waals surface area (Å²) in [4.78, 5) is 32.8. The van der Waals surface area contributed by atoms with E-state index in [4.69, 9.17) is 4.74 Å². The number of ether oxygens (including phenoxy) is 1. The average Bonchev–Trinajstić information content (AvgIpc) is 2.97. The SMILES string of the molecule is CC(C)(C)OC(=O)N1CCC[C@H](NC(=O)CSc2ncc[nH]2)C1. The lowest BCUT2D eigenvalue weighted by Gasteiger charge is -2.34. The molecule has 2 N–H and O–H groups in total. The zero-order valence-corrected chi connectivity index (χ0v) is 14.6. The van der Waals surface area contributed by atoms with Gasteiger partial charge < -0.3 is 19.9 Å². The van der Waals surface area contributed by atoms with E-state index in [1.807, 2.05) is 20.8 Å². The zero-order chi connectivity index (χ0) is 16.9. The highest BCUT2D eigenvalue weighted by atomic mass is 32.2. The number of aromatic amines is 1. The van der Waals surface area contributed by atoms with Crippen molar-refractivity contribution in [1.82, 2.24) is 20.2 Å². The topological polar surface area (TPSA) is 87.3 Å². The molecule has 23 heavy (non-hydrogen) atoms. The number of thioether (sulfide) groups is 1. The van der Waals surface area contributed by atoms with Crippen LogP contribution in [0.15, 0.2) is 17.6 Å². The molecule has 0 bridgehead atoms. The van der Waals surface area contributed by atoms with Gasteiger partial charge in [-0.1, -0.05) is 11.8 Å². The minimum atomic E-state index is -0.507. The van der Waals surface area contributed by atoms with Crippen LogP contribution in [-0.2, 0) is 9.53 Å². The van der Waals surface area contributed by atoms with Crippen LogP contribution < -0.4 is 5.32 Å². The molecule has 0 radical (unpaired) electrons. The summed E-state index contributed by atoms with van der Waals surface area (Å²) in [5, 5.41) is 3.70. The van der Waals surface area contributed by atoms with Crippen molar-refractivity contribution in [3.63, 3.8) is 0 Å². The van der Waals surface area contributed by atoms with Gasteiger partial charge in [-0.05, 0) is 33.6 Å². The number of piperidine rings is 1. The monoisotopic (exact) mass is 340 g/mol. The van der Waals surface area contributed by atoms with Gasteiger partial charge in [0.1, 0.15) is 5.60 Å². The van der Waals surface area contributed by atoms with Crippen LogP contribution in [0.2, 0.25) is 0 Å². The Morgan fingerprint density at radius 2 is 2.30 bits per heavy atom. The molecule has 1 fully saturated rings. The Morgan fingerprint density at radius 1 is 1.52 bits per heavy atom. The van der Waals surface area contributed by atoms with Crippen molar-refractivity contribution in [3.05, 3.63) is 12.4 Å². The number of amides is 2. The molecule has 0 aromatic carbocycles. The Labute approximate surface area is 140 Å². The first kappa shape index (κ1) is 17.7. The number of nitrogens with zero attached hydrogens (tertiary/aromatic N) is 2. The minimum Gasteiger partial charge on any atom is -0.444 e. The van der Waals surface area contributed by atoms with Gasteiger partial charge in [0, 0.05) is 31.5 Å². The maximum atomic E-state index is 12.1. The van der Waals surface area contributed by atoms with Crippen molar-refractivity contribution < 1.29 is 14.3 Å². The maximum absolute atomic E-state index is 12.1. The third kappa shape index (κ3) is 6.13. The van der Waals surface area contributed by atoms with Crippen LogP contribution in [0.4, 0.5) is 4.79 Å². The van der Waals surface area contributed by atoms with Gasteiger partial charge in [-0.25, -0.2) is 9.78 Å². The Balaban J connectivity index is 1.77. The highest BCUT2D eigenvalue weighted by molar-refractivity contribution is 7.99. The van der Waals surface area contributed by atoms with Gasteiger partial charge in [-0.3, -0.25) is 4.79 Å². The summed E-state index contributed by atoms with van der Waals surface area (Å²) in [7, 11) is 0. The molecule has 0 saturated carbocycles. The third-order valence-corrected chi connectivity index (χ3v) is 4.15. The highest BCUT2D eigenvalue weighted by Gasteiger charge is 2.28. The lowest BCUT2D eigenvalue weighted by atomic mass is 10.1. The van der Waals surface area contributed by atoms with Crippen molar-refractivity contribution in [1.29, 1.82) is 0 Å². The number of hydrogen-bond donors (Lipinski definition) is 2. The first-order valence-corrected chi connectivity index (χ1v) is 8.71. The van der Waals surface area contributed by atoms with Crippen LogP contribution in [0.25, 0.3) is 0 Å². The van der Waals surface area contributed by atoms with Gasteiger partial charge in [0.2, 0.25) is 5.91 Å². The molecule has 2 rings (SSSR count). The van der Waals surface area contributed by atoms with Gasteiger partial charge in [-0.15, -0.1) is 0 Å². The number of imidazole rings is 1. The standard InChI is InChI=1S/C15H24N4O3S/c1-15(2,3)22-14(21)19-8-4-5-11(9-19)18-12(20)10-23-13-16-6-7-17-13/h6-7,11H,4-5,8-10H2,1-3H3,(H,16,17)(H,18,20)/t11-/m0/s1. The fourth-order valence-corrected chi connectivity index (χ4v) is 2.96. The fraction of sp³-hybridized carbons (Fsp3) is 0.667. The lowest BCUT2D eigenvalue weighted by Crippen LogP contribution is -2.51. The van der Waals surface area contributed by atoms with Crippen molar-refractivity contribution in [3.8, 4) is 0 Å². The summed E-state index contributed by atoms with van der Waals surface area (Å²) in [6, 6.07) is -0.0269. The van der Waals surface area contributed by atoms with E-state index in [9.17, 15) is 9.59 Å². The first-order valence-electron chi connectivity index (χ1n) is 7.73. The highest BCUT2D eigenvalue weighted by Crippen LogP contribution is 2.16. The Bertz CT molecular complexity index is 527. The summed E-state index contributed by atoms with van der Waals surface area (Å²) in [5.74, 6) is 0.249. The Kier molecular flexibility index (Phi) is 5.92. The molecule has 2 amide bonds. The Morgan fingerprint density at radius 3 is 2.96 bits per heavy atom. The summed E-state index contributed by atoms with van der Waals surface area (Å²) in [6.45, 7) is 6.70. The molecule has 0 unspecified atom stereocenters. The van der Waals surface area contributed by atoms with E-state index in [1.165, 1.54) is 11.8 Å². The largest absolute Gasteiger partial charge is 0.444 e. The normalized spacial score (nSPS) is 18.6. The van der Waals surface area contributed by atoms with E-state index in [-0.39, 0.29) is 18.0 Å². The molecule has 128 valence electrons. The zero-order valence-electron chi connectivity index (χ0n) is 13.8. The molecular weight excluding hydrogens is 316 g/mol. The molecule has 8 heteroatoms. The van der Waals surface area contributed by atoms with E-state index in [2.05, 4.69) is 15.3 Å². The second kappa shape index (κ2) is 7.72. The van der Waals surface area contributed by atoms with E-state index in [0.29, 0.717) is 18.8 Å². The number of carbonyl (C=O) groups is 2. The molecular formula is C15H24N4O3S.